The SMILES string of the molecule is CC(Nc1cccc(N)n1)c1ncn[nH]1. The first-order chi connectivity index (χ1) is 7.25. The van der Waals surface area contributed by atoms with Crippen molar-refractivity contribution < 1.29 is 0 Å². The molecule has 0 saturated carbocycles. The first-order valence-corrected chi connectivity index (χ1v) is 4.60. The number of nitrogens with two attached hydrogens (primary N) is 1. The van der Waals surface area contributed by atoms with Crippen molar-refractivity contribution in [2.45, 2.75) is 13.0 Å². The standard InChI is InChI=1S/C9H12N6/c1-6(9-11-5-12-15-9)13-8-4-2-3-7(10)14-8/h2-6H,1H3,(H3,10,13,14)(H,11,12,15). The van der Waals surface area contributed by atoms with E-state index in [0.717, 1.165) is 11.6 Å². The van der Waals surface area contributed by atoms with Crippen molar-refractivity contribution >= 4 is 11.6 Å². The van der Waals surface area contributed by atoms with Crippen LogP contribution in [-0.4, -0.2) is 20.2 Å². The van der Waals surface area contributed by atoms with Gasteiger partial charge in [-0.1, -0.05) is 6.07 Å². The Morgan fingerprint density at radius 3 is 3.00 bits per heavy atom. The van der Waals surface area contributed by atoms with Crippen LogP contribution in [-0.2, 0) is 0 Å². The summed E-state index contributed by atoms with van der Waals surface area (Å²) in [6.45, 7) is 1.96. The summed E-state index contributed by atoms with van der Waals surface area (Å²) in [5, 5.41) is 9.73. The van der Waals surface area contributed by atoms with E-state index in [1.54, 1.807) is 6.07 Å². The van der Waals surface area contributed by atoms with Gasteiger partial charge in [0.25, 0.3) is 0 Å². The second kappa shape index (κ2) is 3.95. The third-order valence-electron chi connectivity index (χ3n) is 1.98. The van der Waals surface area contributed by atoms with Gasteiger partial charge >= 0.3 is 0 Å². The predicted molar refractivity (Wildman–Crippen MR) is 57.1 cm³/mol. The van der Waals surface area contributed by atoms with Crippen LogP contribution in [0.5, 0.6) is 0 Å². The second-order valence-electron chi connectivity index (χ2n) is 3.18. The Balaban J connectivity index is 2.09. The van der Waals surface area contributed by atoms with E-state index < -0.39 is 0 Å². The lowest BCUT2D eigenvalue weighted by Crippen LogP contribution is -2.10. The number of hydrogen-bond donors (Lipinski definition) is 3. The number of pyridine rings is 1. The molecule has 4 N–H and O–H groups in total. The second-order valence-corrected chi connectivity index (χ2v) is 3.18. The zero-order valence-electron chi connectivity index (χ0n) is 8.31. The highest BCUT2D eigenvalue weighted by molar-refractivity contribution is 5.43. The largest absolute Gasteiger partial charge is 0.384 e. The van der Waals surface area contributed by atoms with E-state index in [1.165, 1.54) is 6.33 Å². The third kappa shape index (κ3) is 2.22. The van der Waals surface area contributed by atoms with E-state index in [9.17, 15) is 0 Å². The Bertz CT molecular complexity index is 424. The van der Waals surface area contributed by atoms with Gasteiger partial charge < -0.3 is 11.1 Å². The molecule has 0 aromatic carbocycles. The number of hydrogen-bond acceptors (Lipinski definition) is 5. The van der Waals surface area contributed by atoms with Crippen molar-refractivity contribution in [2.24, 2.45) is 0 Å². The number of nitrogens with one attached hydrogen (secondary N) is 2. The molecular weight excluding hydrogens is 192 g/mol. The summed E-state index contributed by atoms with van der Waals surface area (Å²) in [5.41, 5.74) is 5.57. The Morgan fingerprint density at radius 2 is 2.33 bits per heavy atom. The van der Waals surface area contributed by atoms with Crippen LogP contribution in [0.1, 0.15) is 18.8 Å². The van der Waals surface area contributed by atoms with Crippen LogP contribution in [0.4, 0.5) is 11.6 Å². The van der Waals surface area contributed by atoms with Gasteiger partial charge in [-0.05, 0) is 19.1 Å². The van der Waals surface area contributed by atoms with Crippen LogP contribution in [0.25, 0.3) is 0 Å². The van der Waals surface area contributed by atoms with E-state index in [4.69, 9.17) is 5.73 Å². The maximum absolute atomic E-state index is 5.57. The maximum atomic E-state index is 5.57. The van der Waals surface area contributed by atoms with Crippen LogP contribution in [0.15, 0.2) is 24.5 Å². The molecule has 0 aliphatic heterocycles. The molecule has 6 nitrogen and oxygen atoms in total. The Kier molecular flexibility index (Phi) is 2.49. The predicted octanol–water partition coefficient (Wildman–Crippen LogP) is 0.955. The number of rotatable bonds is 3. The molecule has 0 aliphatic carbocycles. The lowest BCUT2D eigenvalue weighted by molar-refractivity contribution is 0.790. The van der Waals surface area contributed by atoms with Gasteiger partial charge in [-0.3, -0.25) is 5.10 Å². The molecule has 2 aromatic heterocycles. The van der Waals surface area contributed by atoms with Gasteiger partial charge in [0, 0.05) is 0 Å². The maximum Gasteiger partial charge on any atom is 0.146 e. The molecule has 0 radical (unpaired) electrons. The molecule has 0 aliphatic rings. The molecular formula is C9H12N6. The molecule has 0 amide bonds. The van der Waals surface area contributed by atoms with Crippen LogP contribution in [0.2, 0.25) is 0 Å². The summed E-state index contributed by atoms with van der Waals surface area (Å²) in [6, 6.07) is 5.45. The minimum Gasteiger partial charge on any atom is -0.384 e. The fourth-order valence-electron chi connectivity index (χ4n) is 1.25. The molecule has 15 heavy (non-hydrogen) atoms. The fourth-order valence-corrected chi connectivity index (χ4v) is 1.25. The molecule has 0 spiro atoms. The highest BCUT2D eigenvalue weighted by Crippen LogP contribution is 2.14. The summed E-state index contributed by atoms with van der Waals surface area (Å²) < 4.78 is 0. The van der Waals surface area contributed by atoms with Crippen molar-refractivity contribution in [1.29, 1.82) is 0 Å². The number of anilines is 2. The summed E-state index contributed by atoms with van der Waals surface area (Å²) in [4.78, 5) is 8.17. The minimum absolute atomic E-state index is 0.0156. The Hall–Kier alpha value is -2.11. The molecule has 1 atom stereocenters. The molecule has 2 rings (SSSR count). The first kappa shape index (κ1) is 9.45. The monoisotopic (exact) mass is 204 g/mol. The van der Waals surface area contributed by atoms with Crippen LogP contribution >= 0.6 is 0 Å². The molecule has 6 heteroatoms. The molecule has 78 valence electrons. The summed E-state index contributed by atoms with van der Waals surface area (Å²) >= 11 is 0. The van der Waals surface area contributed by atoms with E-state index >= 15 is 0 Å². The topological polar surface area (TPSA) is 92.5 Å². The van der Waals surface area contributed by atoms with Gasteiger partial charge in [0.1, 0.15) is 23.8 Å². The van der Waals surface area contributed by atoms with E-state index in [-0.39, 0.29) is 6.04 Å². The normalized spacial score (nSPS) is 12.3. The van der Waals surface area contributed by atoms with E-state index in [2.05, 4.69) is 25.5 Å². The van der Waals surface area contributed by atoms with Gasteiger partial charge in [-0.15, -0.1) is 0 Å². The number of aromatic nitrogens is 4. The van der Waals surface area contributed by atoms with Crippen molar-refractivity contribution in [2.75, 3.05) is 11.1 Å². The lowest BCUT2D eigenvalue weighted by atomic mass is 10.3. The van der Waals surface area contributed by atoms with Crippen molar-refractivity contribution in [3.63, 3.8) is 0 Å². The lowest BCUT2D eigenvalue weighted by Gasteiger charge is -2.11. The highest BCUT2D eigenvalue weighted by atomic mass is 15.2. The minimum atomic E-state index is 0.0156. The molecule has 1 unspecified atom stereocenters. The number of H-pyrrole nitrogens is 1. The number of aromatic amines is 1. The third-order valence-corrected chi connectivity index (χ3v) is 1.98. The quantitative estimate of drug-likeness (QED) is 0.692. The van der Waals surface area contributed by atoms with Gasteiger partial charge in [0.05, 0.1) is 6.04 Å². The summed E-state index contributed by atoms with van der Waals surface area (Å²) in [6.07, 6.45) is 1.47. The van der Waals surface area contributed by atoms with Crippen LogP contribution in [0.3, 0.4) is 0 Å². The summed E-state index contributed by atoms with van der Waals surface area (Å²) in [7, 11) is 0. The molecule has 0 saturated heterocycles. The average Bonchev–Trinajstić information content (AvgIpc) is 2.70. The van der Waals surface area contributed by atoms with Crippen molar-refractivity contribution in [3.8, 4) is 0 Å². The van der Waals surface area contributed by atoms with Gasteiger partial charge in [0.15, 0.2) is 0 Å². The average molecular weight is 204 g/mol. The van der Waals surface area contributed by atoms with Gasteiger partial charge in [-0.2, -0.15) is 5.10 Å². The number of nitrogens with zero attached hydrogens (tertiary/aromatic N) is 3. The highest BCUT2D eigenvalue weighted by Gasteiger charge is 2.08. The van der Waals surface area contributed by atoms with Crippen molar-refractivity contribution in [3.05, 3.63) is 30.4 Å². The molecule has 2 heterocycles. The van der Waals surface area contributed by atoms with Gasteiger partial charge in [-0.25, -0.2) is 9.97 Å². The van der Waals surface area contributed by atoms with E-state index in [0.29, 0.717) is 5.82 Å². The van der Waals surface area contributed by atoms with E-state index in [1.807, 2.05) is 19.1 Å². The molecule has 0 fully saturated rings. The zero-order valence-corrected chi connectivity index (χ0v) is 8.31. The van der Waals surface area contributed by atoms with Crippen LogP contribution in [0, 0.1) is 0 Å². The van der Waals surface area contributed by atoms with Crippen molar-refractivity contribution in [1.82, 2.24) is 20.2 Å². The van der Waals surface area contributed by atoms with Gasteiger partial charge in [0.2, 0.25) is 0 Å². The molecule has 0 bridgehead atoms. The number of nitrogen functional groups attached to an aromatic ring is 1. The summed E-state index contributed by atoms with van der Waals surface area (Å²) in [5.74, 6) is 1.97. The first-order valence-electron chi connectivity index (χ1n) is 4.60. The smallest absolute Gasteiger partial charge is 0.146 e. The Labute approximate surface area is 86.9 Å². The Morgan fingerprint density at radius 1 is 1.47 bits per heavy atom. The molecule has 2 aromatic rings. The zero-order chi connectivity index (χ0) is 10.7. The van der Waals surface area contributed by atoms with Crippen LogP contribution < -0.4 is 11.1 Å². The fraction of sp³-hybridized carbons (Fsp3) is 0.222.